The van der Waals surface area contributed by atoms with Gasteiger partial charge in [0, 0.05) is 12.0 Å². The highest BCUT2D eigenvalue weighted by atomic mass is 16.5. The van der Waals surface area contributed by atoms with E-state index in [4.69, 9.17) is 4.74 Å². The number of methoxy groups -OCH3 is 1. The number of Topliss-reactive ketones (excluding diaryl/α,β-unsaturated/α-hetero) is 1. The molecule has 2 rings (SSSR count). The van der Waals surface area contributed by atoms with Crippen LogP contribution in [-0.2, 0) is 0 Å². The summed E-state index contributed by atoms with van der Waals surface area (Å²) in [6.45, 7) is 2.19. The van der Waals surface area contributed by atoms with E-state index in [-0.39, 0.29) is 5.78 Å². The Hall–Kier alpha value is -1.35. The van der Waals surface area contributed by atoms with E-state index in [0.717, 1.165) is 30.8 Å². The van der Waals surface area contributed by atoms with Gasteiger partial charge in [0.2, 0.25) is 0 Å². The van der Waals surface area contributed by atoms with Crippen LogP contribution >= 0.6 is 0 Å². The van der Waals surface area contributed by atoms with Crippen molar-refractivity contribution in [3.63, 3.8) is 0 Å². The summed E-state index contributed by atoms with van der Waals surface area (Å²) in [5.74, 6) is 1.70. The van der Waals surface area contributed by atoms with Gasteiger partial charge in [-0.1, -0.05) is 0 Å². The summed E-state index contributed by atoms with van der Waals surface area (Å²) < 4.78 is 5.08. The highest BCUT2D eigenvalue weighted by molar-refractivity contribution is 5.96. The minimum atomic E-state index is 0.239. The van der Waals surface area contributed by atoms with Crippen LogP contribution in [0.15, 0.2) is 24.3 Å². The van der Waals surface area contributed by atoms with Crippen molar-refractivity contribution in [1.82, 2.24) is 5.32 Å². The first-order chi connectivity index (χ1) is 8.79. The smallest absolute Gasteiger partial charge is 0.162 e. The molecule has 98 valence electrons. The van der Waals surface area contributed by atoms with Gasteiger partial charge in [-0.2, -0.15) is 0 Å². The molecule has 0 saturated carbocycles. The second-order valence-corrected chi connectivity index (χ2v) is 4.90. The number of benzene rings is 1. The van der Waals surface area contributed by atoms with E-state index in [9.17, 15) is 4.79 Å². The molecule has 1 aliphatic rings. The van der Waals surface area contributed by atoms with E-state index in [2.05, 4.69) is 5.32 Å². The Morgan fingerprint density at radius 2 is 2.17 bits per heavy atom. The fourth-order valence-electron chi connectivity index (χ4n) is 2.43. The lowest BCUT2D eigenvalue weighted by atomic mass is 9.92. The first kappa shape index (κ1) is 13.1. The lowest BCUT2D eigenvalue weighted by Gasteiger charge is -2.22. The number of ether oxygens (including phenoxy) is 1. The van der Waals surface area contributed by atoms with Crippen molar-refractivity contribution in [2.45, 2.75) is 25.7 Å². The van der Waals surface area contributed by atoms with Gasteiger partial charge in [0.15, 0.2) is 5.78 Å². The molecule has 18 heavy (non-hydrogen) atoms. The van der Waals surface area contributed by atoms with E-state index >= 15 is 0 Å². The van der Waals surface area contributed by atoms with Gasteiger partial charge in [-0.15, -0.1) is 0 Å². The van der Waals surface area contributed by atoms with E-state index in [0.29, 0.717) is 12.3 Å². The third-order valence-electron chi connectivity index (χ3n) is 3.59. The number of hydrogen-bond donors (Lipinski definition) is 1. The highest BCUT2D eigenvalue weighted by Gasteiger charge is 2.15. The molecule has 0 amide bonds. The minimum Gasteiger partial charge on any atom is -0.497 e. The summed E-state index contributed by atoms with van der Waals surface area (Å²) in [5.41, 5.74) is 0.791. The SMILES string of the molecule is COc1ccc(C(=O)CCC2CCCNC2)cc1. The van der Waals surface area contributed by atoms with Crippen molar-refractivity contribution in [3.05, 3.63) is 29.8 Å². The molecule has 1 unspecified atom stereocenters. The van der Waals surface area contributed by atoms with Gasteiger partial charge in [-0.3, -0.25) is 4.79 Å². The molecule has 0 radical (unpaired) electrons. The van der Waals surface area contributed by atoms with Crippen molar-refractivity contribution < 1.29 is 9.53 Å². The molecule has 3 nitrogen and oxygen atoms in total. The predicted octanol–water partition coefficient (Wildman–Crippen LogP) is 2.66. The van der Waals surface area contributed by atoms with Crippen LogP contribution in [0.5, 0.6) is 5.75 Å². The maximum atomic E-state index is 12.0. The quantitative estimate of drug-likeness (QED) is 0.813. The van der Waals surface area contributed by atoms with Crippen molar-refractivity contribution >= 4 is 5.78 Å². The summed E-state index contributed by atoms with van der Waals surface area (Å²) in [6, 6.07) is 7.38. The van der Waals surface area contributed by atoms with Crippen LogP contribution in [0.3, 0.4) is 0 Å². The van der Waals surface area contributed by atoms with Crippen molar-refractivity contribution in [3.8, 4) is 5.75 Å². The number of hydrogen-bond acceptors (Lipinski definition) is 3. The van der Waals surface area contributed by atoms with Crippen LogP contribution in [0, 0.1) is 5.92 Å². The number of piperidine rings is 1. The van der Waals surface area contributed by atoms with Gasteiger partial charge >= 0.3 is 0 Å². The van der Waals surface area contributed by atoms with Crippen LogP contribution in [0.4, 0.5) is 0 Å². The molecule has 1 atom stereocenters. The van der Waals surface area contributed by atoms with Crippen LogP contribution in [0.25, 0.3) is 0 Å². The van der Waals surface area contributed by atoms with Gasteiger partial charge in [0.25, 0.3) is 0 Å². The Kier molecular flexibility index (Phi) is 4.76. The maximum Gasteiger partial charge on any atom is 0.162 e. The van der Waals surface area contributed by atoms with Crippen molar-refractivity contribution in [2.75, 3.05) is 20.2 Å². The first-order valence-corrected chi connectivity index (χ1v) is 6.67. The molecule has 1 saturated heterocycles. The molecule has 1 N–H and O–H groups in total. The summed E-state index contributed by atoms with van der Waals surface area (Å²) in [7, 11) is 1.63. The number of rotatable bonds is 5. The van der Waals surface area contributed by atoms with Gasteiger partial charge < -0.3 is 10.1 Å². The Bertz CT molecular complexity index is 380. The number of nitrogens with one attached hydrogen (secondary N) is 1. The average molecular weight is 247 g/mol. The average Bonchev–Trinajstić information content (AvgIpc) is 2.46. The molecular weight excluding hydrogens is 226 g/mol. The molecule has 3 heteroatoms. The molecule has 0 spiro atoms. The molecule has 1 aromatic carbocycles. The minimum absolute atomic E-state index is 0.239. The Labute approximate surface area is 109 Å². The number of carbonyl (C=O) groups is 1. The summed E-state index contributed by atoms with van der Waals surface area (Å²) in [4.78, 5) is 12.0. The van der Waals surface area contributed by atoms with E-state index in [1.165, 1.54) is 12.8 Å². The van der Waals surface area contributed by atoms with E-state index in [1.807, 2.05) is 24.3 Å². The third-order valence-corrected chi connectivity index (χ3v) is 3.59. The zero-order valence-corrected chi connectivity index (χ0v) is 10.9. The molecule has 0 bridgehead atoms. The first-order valence-electron chi connectivity index (χ1n) is 6.67. The van der Waals surface area contributed by atoms with Gasteiger partial charge in [0.1, 0.15) is 5.75 Å². The van der Waals surface area contributed by atoms with Crippen molar-refractivity contribution in [1.29, 1.82) is 0 Å². The van der Waals surface area contributed by atoms with Crippen LogP contribution in [0.1, 0.15) is 36.0 Å². The molecule has 1 heterocycles. The Balaban J connectivity index is 1.82. The topological polar surface area (TPSA) is 38.3 Å². The Morgan fingerprint density at radius 1 is 1.39 bits per heavy atom. The molecule has 0 aliphatic carbocycles. The fraction of sp³-hybridized carbons (Fsp3) is 0.533. The van der Waals surface area contributed by atoms with Gasteiger partial charge in [-0.25, -0.2) is 0 Å². The summed E-state index contributed by atoms with van der Waals surface area (Å²) in [5, 5.41) is 3.39. The second-order valence-electron chi connectivity index (χ2n) is 4.90. The Morgan fingerprint density at radius 3 is 2.78 bits per heavy atom. The normalized spacial score (nSPS) is 19.5. The number of carbonyl (C=O) groups excluding carboxylic acids is 1. The highest BCUT2D eigenvalue weighted by Crippen LogP contribution is 2.18. The monoisotopic (exact) mass is 247 g/mol. The third kappa shape index (κ3) is 3.57. The largest absolute Gasteiger partial charge is 0.497 e. The van der Waals surface area contributed by atoms with Crippen LogP contribution < -0.4 is 10.1 Å². The summed E-state index contributed by atoms with van der Waals surface area (Å²) >= 11 is 0. The lowest BCUT2D eigenvalue weighted by Crippen LogP contribution is -2.30. The van der Waals surface area contributed by atoms with E-state index in [1.54, 1.807) is 7.11 Å². The van der Waals surface area contributed by atoms with Gasteiger partial charge in [-0.05, 0) is 62.5 Å². The molecular formula is C15H21NO2. The van der Waals surface area contributed by atoms with Crippen LogP contribution in [0.2, 0.25) is 0 Å². The van der Waals surface area contributed by atoms with Crippen molar-refractivity contribution in [2.24, 2.45) is 5.92 Å². The van der Waals surface area contributed by atoms with Gasteiger partial charge in [0.05, 0.1) is 7.11 Å². The van der Waals surface area contributed by atoms with E-state index < -0.39 is 0 Å². The molecule has 1 fully saturated rings. The molecule has 0 aromatic heterocycles. The lowest BCUT2D eigenvalue weighted by molar-refractivity contribution is 0.0971. The standard InChI is InChI=1S/C15H21NO2/c1-18-14-7-5-13(6-8-14)15(17)9-4-12-3-2-10-16-11-12/h5-8,12,16H,2-4,9-11H2,1H3. The zero-order valence-electron chi connectivity index (χ0n) is 10.9. The van der Waals surface area contributed by atoms with Crippen LogP contribution in [-0.4, -0.2) is 26.0 Å². The summed E-state index contributed by atoms with van der Waals surface area (Å²) in [6.07, 6.45) is 4.14. The molecule has 1 aliphatic heterocycles. The number of ketones is 1. The molecule has 1 aromatic rings. The second kappa shape index (κ2) is 6.55. The predicted molar refractivity (Wildman–Crippen MR) is 72.2 cm³/mol. The maximum absolute atomic E-state index is 12.0. The zero-order chi connectivity index (χ0) is 12.8. The fourth-order valence-corrected chi connectivity index (χ4v) is 2.43.